The van der Waals surface area contributed by atoms with Gasteiger partial charge in [0.25, 0.3) is 11.8 Å². The van der Waals surface area contributed by atoms with E-state index in [0.717, 1.165) is 17.5 Å². The summed E-state index contributed by atoms with van der Waals surface area (Å²) in [6.45, 7) is 3.26. The third-order valence-electron chi connectivity index (χ3n) is 6.65. The molecule has 3 amide bonds. The molecule has 1 N–H and O–H groups in total. The zero-order valence-corrected chi connectivity index (χ0v) is 19.2. The number of carbonyl (C=O) groups is 3. The second-order valence-corrected chi connectivity index (χ2v) is 8.92. The van der Waals surface area contributed by atoms with Crippen LogP contribution in [-0.4, -0.2) is 35.2 Å². The molecule has 0 aliphatic carbocycles. The van der Waals surface area contributed by atoms with Crippen LogP contribution in [0.5, 0.6) is 0 Å². The molecule has 2 aliphatic rings. The number of para-hydroxylation sites is 1. The van der Waals surface area contributed by atoms with E-state index in [1.165, 1.54) is 5.56 Å². The number of carbonyl (C=O) groups excluding carboxylic acids is 3. The first-order valence-electron chi connectivity index (χ1n) is 11.7. The highest BCUT2D eigenvalue weighted by atomic mass is 16.2. The highest BCUT2D eigenvalue weighted by molar-refractivity contribution is 6.11. The third-order valence-corrected chi connectivity index (χ3v) is 6.65. The Hall–Kier alpha value is -3.93. The molecule has 5 rings (SSSR count). The largest absolute Gasteiger partial charge is 0.348 e. The standard InChI is InChI=1S/C28H27N3O3/c1-19-12-14-20(15-13-19)17-29-26(32)22-8-3-2-7-21(22)18-31-24-10-5-4-9-23(24)27(33)30-16-6-11-25(30)28(31)34/h2-5,7-10,12-15,25H,6,11,16-18H2,1H3,(H,29,32). The van der Waals surface area contributed by atoms with E-state index in [9.17, 15) is 14.4 Å². The van der Waals surface area contributed by atoms with Gasteiger partial charge in [0.2, 0.25) is 5.91 Å². The van der Waals surface area contributed by atoms with Gasteiger partial charge in [-0.2, -0.15) is 0 Å². The normalized spacial score (nSPS) is 17.3. The van der Waals surface area contributed by atoms with Gasteiger partial charge in [0.1, 0.15) is 6.04 Å². The Morgan fingerprint density at radius 3 is 2.53 bits per heavy atom. The van der Waals surface area contributed by atoms with Gasteiger partial charge in [0, 0.05) is 18.7 Å². The summed E-state index contributed by atoms with van der Waals surface area (Å²) in [6, 6.07) is 22.2. The molecule has 1 saturated heterocycles. The summed E-state index contributed by atoms with van der Waals surface area (Å²) in [6.07, 6.45) is 1.48. The monoisotopic (exact) mass is 453 g/mol. The van der Waals surface area contributed by atoms with Gasteiger partial charge in [0.05, 0.1) is 17.8 Å². The smallest absolute Gasteiger partial charge is 0.256 e. The lowest BCUT2D eigenvalue weighted by molar-refractivity contribution is -0.122. The molecule has 3 aromatic rings. The first kappa shape index (κ1) is 21.9. The van der Waals surface area contributed by atoms with Crippen LogP contribution in [0.25, 0.3) is 0 Å². The van der Waals surface area contributed by atoms with E-state index >= 15 is 0 Å². The molecule has 0 saturated carbocycles. The number of fused-ring (bicyclic) bond motifs is 2. The van der Waals surface area contributed by atoms with Crippen molar-refractivity contribution in [1.82, 2.24) is 10.2 Å². The van der Waals surface area contributed by atoms with E-state index in [0.29, 0.717) is 36.3 Å². The number of anilines is 1. The van der Waals surface area contributed by atoms with E-state index in [1.54, 1.807) is 21.9 Å². The zero-order chi connectivity index (χ0) is 23.7. The number of hydrogen-bond donors (Lipinski definition) is 1. The predicted octanol–water partition coefficient (Wildman–Crippen LogP) is 4.08. The highest BCUT2D eigenvalue weighted by Crippen LogP contribution is 2.33. The van der Waals surface area contributed by atoms with Gasteiger partial charge >= 0.3 is 0 Å². The summed E-state index contributed by atoms with van der Waals surface area (Å²) in [5.74, 6) is -0.381. The van der Waals surface area contributed by atoms with Crippen molar-refractivity contribution in [3.63, 3.8) is 0 Å². The van der Waals surface area contributed by atoms with E-state index in [-0.39, 0.29) is 24.3 Å². The molecule has 1 atom stereocenters. The average molecular weight is 454 g/mol. The van der Waals surface area contributed by atoms with Crippen LogP contribution in [0.2, 0.25) is 0 Å². The maximum atomic E-state index is 13.6. The second kappa shape index (κ2) is 9.14. The molecule has 1 fully saturated rings. The summed E-state index contributed by atoms with van der Waals surface area (Å²) >= 11 is 0. The van der Waals surface area contributed by atoms with Crippen molar-refractivity contribution >= 4 is 23.4 Å². The molecule has 0 aromatic heterocycles. The van der Waals surface area contributed by atoms with Crippen LogP contribution in [-0.2, 0) is 17.9 Å². The van der Waals surface area contributed by atoms with Gasteiger partial charge in [-0.05, 0) is 49.1 Å². The van der Waals surface area contributed by atoms with Gasteiger partial charge in [-0.3, -0.25) is 14.4 Å². The van der Waals surface area contributed by atoms with Crippen LogP contribution in [0.1, 0.15) is 50.2 Å². The first-order valence-corrected chi connectivity index (χ1v) is 11.7. The van der Waals surface area contributed by atoms with Crippen LogP contribution < -0.4 is 10.2 Å². The first-order chi connectivity index (χ1) is 16.5. The minimum atomic E-state index is -0.456. The van der Waals surface area contributed by atoms with Gasteiger partial charge in [-0.15, -0.1) is 0 Å². The summed E-state index contributed by atoms with van der Waals surface area (Å²) < 4.78 is 0. The van der Waals surface area contributed by atoms with Gasteiger partial charge in [0.15, 0.2) is 0 Å². The van der Waals surface area contributed by atoms with Crippen molar-refractivity contribution in [2.75, 3.05) is 11.4 Å². The van der Waals surface area contributed by atoms with Crippen molar-refractivity contribution in [3.05, 3.63) is 101 Å². The number of nitrogens with one attached hydrogen (secondary N) is 1. The topological polar surface area (TPSA) is 69.7 Å². The van der Waals surface area contributed by atoms with Crippen LogP contribution in [0.4, 0.5) is 5.69 Å². The minimum Gasteiger partial charge on any atom is -0.348 e. The van der Waals surface area contributed by atoms with Crippen molar-refractivity contribution in [2.45, 2.75) is 38.9 Å². The van der Waals surface area contributed by atoms with Gasteiger partial charge < -0.3 is 15.1 Å². The maximum Gasteiger partial charge on any atom is 0.256 e. The average Bonchev–Trinajstić information content (AvgIpc) is 3.34. The summed E-state index contributed by atoms with van der Waals surface area (Å²) in [4.78, 5) is 43.2. The van der Waals surface area contributed by atoms with E-state index in [2.05, 4.69) is 5.32 Å². The minimum absolute atomic E-state index is 0.0920. The lowest BCUT2D eigenvalue weighted by Gasteiger charge is -2.26. The lowest BCUT2D eigenvalue weighted by atomic mass is 10.0. The second-order valence-electron chi connectivity index (χ2n) is 8.92. The quantitative estimate of drug-likeness (QED) is 0.633. The number of nitrogens with zero attached hydrogens (tertiary/aromatic N) is 2. The molecule has 34 heavy (non-hydrogen) atoms. The molecule has 2 heterocycles. The Morgan fingerprint density at radius 1 is 0.971 bits per heavy atom. The van der Waals surface area contributed by atoms with Crippen LogP contribution >= 0.6 is 0 Å². The Bertz CT molecular complexity index is 1250. The molecule has 6 nitrogen and oxygen atoms in total. The molecule has 6 heteroatoms. The molecular formula is C28H27N3O3. The fraction of sp³-hybridized carbons (Fsp3) is 0.250. The molecule has 3 aromatic carbocycles. The van der Waals surface area contributed by atoms with Crippen LogP contribution in [0.15, 0.2) is 72.8 Å². The zero-order valence-electron chi connectivity index (χ0n) is 19.2. The molecule has 0 bridgehead atoms. The highest BCUT2D eigenvalue weighted by Gasteiger charge is 2.42. The van der Waals surface area contributed by atoms with Crippen LogP contribution in [0, 0.1) is 6.92 Å². The van der Waals surface area contributed by atoms with Crippen molar-refractivity contribution < 1.29 is 14.4 Å². The lowest BCUT2D eigenvalue weighted by Crippen LogP contribution is -2.44. The predicted molar refractivity (Wildman–Crippen MR) is 130 cm³/mol. The number of benzene rings is 3. The Labute approximate surface area is 199 Å². The van der Waals surface area contributed by atoms with E-state index in [1.807, 2.05) is 67.6 Å². The van der Waals surface area contributed by atoms with Crippen molar-refractivity contribution in [2.24, 2.45) is 0 Å². The van der Waals surface area contributed by atoms with E-state index < -0.39 is 6.04 Å². The van der Waals surface area contributed by atoms with Gasteiger partial charge in [-0.1, -0.05) is 60.2 Å². The SMILES string of the molecule is Cc1ccc(CNC(=O)c2ccccc2CN2C(=O)C3CCCN3C(=O)c3ccccc32)cc1. The molecule has 2 aliphatic heterocycles. The molecule has 1 unspecified atom stereocenters. The number of amides is 3. The Morgan fingerprint density at radius 2 is 1.71 bits per heavy atom. The summed E-state index contributed by atoms with van der Waals surface area (Å²) in [5.41, 5.74) is 4.59. The fourth-order valence-corrected chi connectivity index (χ4v) is 4.81. The number of hydrogen-bond acceptors (Lipinski definition) is 3. The number of rotatable bonds is 5. The maximum absolute atomic E-state index is 13.6. The third kappa shape index (κ3) is 4.07. The van der Waals surface area contributed by atoms with Gasteiger partial charge in [-0.25, -0.2) is 0 Å². The Balaban J connectivity index is 1.43. The van der Waals surface area contributed by atoms with E-state index in [4.69, 9.17) is 0 Å². The van der Waals surface area contributed by atoms with Crippen LogP contribution in [0.3, 0.4) is 0 Å². The summed E-state index contributed by atoms with van der Waals surface area (Å²) in [5, 5.41) is 2.99. The Kier molecular flexibility index (Phi) is 5.88. The van der Waals surface area contributed by atoms with Crippen molar-refractivity contribution in [1.29, 1.82) is 0 Å². The fourth-order valence-electron chi connectivity index (χ4n) is 4.81. The molecular weight excluding hydrogens is 426 g/mol. The summed E-state index contributed by atoms with van der Waals surface area (Å²) in [7, 11) is 0. The number of aryl methyl sites for hydroxylation is 1. The molecule has 172 valence electrons. The molecule has 0 radical (unpaired) electrons. The molecule has 0 spiro atoms. The van der Waals surface area contributed by atoms with Crippen molar-refractivity contribution in [3.8, 4) is 0 Å².